The van der Waals surface area contributed by atoms with Gasteiger partial charge in [-0.2, -0.15) is 0 Å². The first-order valence-corrected chi connectivity index (χ1v) is 11.2. The standard InChI is InChI=1S/C24H29ClN2O4/c1-15(2)22(26-23(28)18-5-8-20-21(13-18)31-14-30-20)24(29)27-11-9-17(10-12-27)16-3-6-19(25)7-4-16/h3-8,13,15,17,22-23,26,28H,9-12,14H2,1-2H3. The van der Waals surface area contributed by atoms with Crippen LogP contribution in [0.2, 0.25) is 5.02 Å². The maximum atomic E-state index is 13.3. The van der Waals surface area contributed by atoms with E-state index in [1.54, 1.807) is 18.2 Å². The molecule has 2 aromatic rings. The Hall–Kier alpha value is -2.28. The van der Waals surface area contributed by atoms with Crippen molar-refractivity contribution in [3.05, 3.63) is 58.6 Å². The van der Waals surface area contributed by atoms with Gasteiger partial charge in [-0.15, -0.1) is 0 Å². The summed E-state index contributed by atoms with van der Waals surface area (Å²) in [7, 11) is 0. The van der Waals surface area contributed by atoms with Crippen molar-refractivity contribution >= 4 is 17.5 Å². The van der Waals surface area contributed by atoms with Crippen LogP contribution in [0.1, 0.15) is 50.0 Å². The molecule has 0 aliphatic carbocycles. The van der Waals surface area contributed by atoms with Gasteiger partial charge in [-0.3, -0.25) is 10.1 Å². The molecule has 2 N–H and O–H groups in total. The zero-order valence-electron chi connectivity index (χ0n) is 17.9. The van der Waals surface area contributed by atoms with Crippen molar-refractivity contribution in [2.24, 2.45) is 5.92 Å². The summed E-state index contributed by atoms with van der Waals surface area (Å²) in [6.45, 7) is 5.57. The average Bonchev–Trinajstić information content (AvgIpc) is 3.25. The van der Waals surface area contributed by atoms with Gasteiger partial charge in [-0.05, 0) is 60.1 Å². The lowest BCUT2D eigenvalue weighted by molar-refractivity contribution is -0.136. The van der Waals surface area contributed by atoms with Gasteiger partial charge in [-0.25, -0.2) is 0 Å². The molecule has 1 saturated heterocycles. The van der Waals surface area contributed by atoms with Gasteiger partial charge >= 0.3 is 0 Å². The third-order valence-corrected chi connectivity index (χ3v) is 6.38. The summed E-state index contributed by atoms with van der Waals surface area (Å²) in [5.74, 6) is 1.77. The molecule has 31 heavy (non-hydrogen) atoms. The van der Waals surface area contributed by atoms with E-state index in [1.807, 2.05) is 30.9 Å². The number of benzene rings is 2. The highest BCUT2D eigenvalue weighted by Gasteiger charge is 2.32. The average molecular weight is 445 g/mol. The number of aliphatic hydroxyl groups is 1. The van der Waals surface area contributed by atoms with Crippen LogP contribution in [0.15, 0.2) is 42.5 Å². The van der Waals surface area contributed by atoms with E-state index in [0.717, 1.165) is 17.9 Å². The number of nitrogens with zero attached hydrogens (tertiary/aromatic N) is 1. The summed E-state index contributed by atoms with van der Waals surface area (Å²) in [5.41, 5.74) is 1.91. The summed E-state index contributed by atoms with van der Waals surface area (Å²) in [6.07, 6.45) is 0.865. The molecule has 2 aliphatic rings. The van der Waals surface area contributed by atoms with E-state index in [1.165, 1.54) is 5.56 Å². The molecule has 1 amide bonds. The van der Waals surface area contributed by atoms with Crippen LogP contribution in [-0.4, -0.2) is 41.8 Å². The van der Waals surface area contributed by atoms with E-state index >= 15 is 0 Å². The molecule has 1 fully saturated rings. The van der Waals surface area contributed by atoms with Crippen LogP contribution in [0.3, 0.4) is 0 Å². The molecule has 0 aromatic heterocycles. The number of rotatable bonds is 6. The molecule has 0 radical (unpaired) electrons. The molecular weight excluding hydrogens is 416 g/mol. The normalized spacial score (nSPS) is 18.3. The van der Waals surface area contributed by atoms with Crippen molar-refractivity contribution in [1.29, 1.82) is 0 Å². The third kappa shape index (κ3) is 4.97. The number of nitrogens with one attached hydrogen (secondary N) is 1. The first kappa shape index (κ1) is 21.9. The lowest BCUT2D eigenvalue weighted by Gasteiger charge is -2.36. The number of amides is 1. The van der Waals surface area contributed by atoms with Gasteiger partial charge in [0, 0.05) is 18.1 Å². The van der Waals surface area contributed by atoms with Crippen molar-refractivity contribution in [2.45, 2.75) is 44.9 Å². The molecule has 2 atom stereocenters. The Labute approximate surface area is 188 Å². The number of carbonyl (C=O) groups is 1. The zero-order chi connectivity index (χ0) is 22.0. The SMILES string of the molecule is CC(C)C(NC(O)c1ccc2c(c1)OCO2)C(=O)N1CCC(c2ccc(Cl)cc2)CC1. The lowest BCUT2D eigenvalue weighted by atomic mass is 9.89. The van der Waals surface area contributed by atoms with Gasteiger partial charge in [0.1, 0.15) is 6.23 Å². The number of hydrogen-bond acceptors (Lipinski definition) is 5. The minimum absolute atomic E-state index is 0.0318. The molecule has 4 rings (SSSR count). The second-order valence-corrected chi connectivity index (χ2v) is 8.99. The van der Waals surface area contributed by atoms with Crippen LogP contribution >= 0.6 is 11.6 Å². The summed E-state index contributed by atoms with van der Waals surface area (Å²) < 4.78 is 10.7. The smallest absolute Gasteiger partial charge is 0.240 e. The Balaban J connectivity index is 1.38. The third-order valence-electron chi connectivity index (χ3n) is 6.13. The van der Waals surface area contributed by atoms with E-state index in [-0.39, 0.29) is 18.6 Å². The minimum atomic E-state index is -0.975. The maximum absolute atomic E-state index is 13.3. The summed E-state index contributed by atoms with van der Waals surface area (Å²) in [6, 6.07) is 12.8. The Kier molecular flexibility index (Phi) is 6.70. The van der Waals surface area contributed by atoms with Gasteiger partial charge < -0.3 is 19.5 Å². The van der Waals surface area contributed by atoms with Crippen LogP contribution < -0.4 is 14.8 Å². The van der Waals surface area contributed by atoms with Crippen LogP contribution in [0.5, 0.6) is 11.5 Å². The molecule has 2 unspecified atom stereocenters. The zero-order valence-corrected chi connectivity index (χ0v) is 18.6. The Bertz CT molecular complexity index is 910. The van der Waals surface area contributed by atoms with Gasteiger partial charge in [0.25, 0.3) is 0 Å². The van der Waals surface area contributed by atoms with Gasteiger partial charge in [0.15, 0.2) is 11.5 Å². The molecule has 6 nitrogen and oxygen atoms in total. The molecular formula is C24H29ClN2O4. The van der Waals surface area contributed by atoms with Crippen LogP contribution in [0.25, 0.3) is 0 Å². The van der Waals surface area contributed by atoms with E-state index in [2.05, 4.69) is 17.4 Å². The highest BCUT2D eigenvalue weighted by atomic mass is 35.5. The fourth-order valence-corrected chi connectivity index (χ4v) is 4.39. The van der Waals surface area contributed by atoms with E-state index < -0.39 is 12.3 Å². The Morgan fingerprint density at radius 2 is 1.77 bits per heavy atom. The number of piperidine rings is 1. The van der Waals surface area contributed by atoms with Crippen LogP contribution in [-0.2, 0) is 4.79 Å². The fourth-order valence-electron chi connectivity index (χ4n) is 4.26. The predicted octanol–water partition coefficient (Wildman–Crippen LogP) is 4.08. The van der Waals surface area contributed by atoms with Crippen molar-refractivity contribution in [1.82, 2.24) is 10.2 Å². The number of ether oxygens (including phenoxy) is 2. The molecule has 2 aliphatic heterocycles. The number of halogens is 1. The number of carbonyl (C=O) groups excluding carboxylic acids is 1. The monoisotopic (exact) mass is 444 g/mol. The van der Waals surface area contributed by atoms with Crippen LogP contribution in [0.4, 0.5) is 0 Å². The van der Waals surface area contributed by atoms with Crippen molar-refractivity contribution in [2.75, 3.05) is 19.9 Å². The van der Waals surface area contributed by atoms with Crippen molar-refractivity contribution in [3.8, 4) is 11.5 Å². The molecule has 7 heteroatoms. The van der Waals surface area contributed by atoms with Crippen LogP contribution in [0, 0.1) is 5.92 Å². The number of hydrogen-bond donors (Lipinski definition) is 2. The van der Waals surface area contributed by atoms with Gasteiger partial charge in [0.2, 0.25) is 12.7 Å². The Morgan fingerprint density at radius 1 is 1.10 bits per heavy atom. The van der Waals surface area contributed by atoms with E-state index in [4.69, 9.17) is 21.1 Å². The number of aliphatic hydroxyl groups excluding tert-OH is 1. The van der Waals surface area contributed by atoms with Gasteiger partial charge in [0.05, 0.1) is 6.04 Å². The largest absolute Gasteiger partial charge is 0.454 e. The van der Waals surface area contributed by atoms with Crippen molar-refractivity contribution in [3.63, 3.8) is 0 Å². The number of fused-ring (bicyclic) bond motifs is 1. The molecule has 0 spiro atoms. The molecule has 2 aromatic carbocycles. The quantitative estimate of drug-likeness (QED) is 0.657. The summed E-state index contributed by atoms with van der Waals surface area (Å²) in [5, 5.41) is 14.6. The van der Waals surface area contributed by atoms with E-state index in [0.29, 0.717) is 36.1 Å². The predicted molar refractivity (Wildman–Crippen MR) is 119 cm³/mol. The molecule has 0 bridgehead atoms. The Morgan fingerprint density at radius 3 is 2.45 bits per heavy atom. The topological polar surface area (TPSA) is 71.0 Å². The molecule has 0 saturated carbocycles. The molecule has 2 heterocycles. The first-order chi connectivity index (χ1) is 14.9. The van der Waals surface area contributed by atoms with Crippen molar-refractivity contribution < 1.29 is 19.4 Å². The summed E-state index contributed by atoms with van der Waals surface area (Å²) >= 11 is 6.00. The second kappa shape index (κ2) is 9.47. The fraction of sp³-hybridized carbons (Fsp3) is 0.458. The summed E-state index contributed by atoms with van der Waals surface area (Å²) in [4.78, 5) is 15.2. The minimum Gasteiger partial charge on any atom is -0.454 e. The molecule has 166 valence electrons. The number of likely N-dealkylation sites (tertiary alicyclic amines) is 1. The highest BCUT2D eigenvalue weighted by Crippen LogP contribution is 2.34. The van der Waals surface area contributed by atoms with E-state index in [9.17, 15) is 9.90 Å². The maximum Gasteiger partial charge on any atom is 0.240 e. The first-order valence-electron chi connectivity index (χ1n) is 10.8. The second-order valence-electron chi connectivity index (χ2n) is 8.55. The van der Waals surface area contributed by atoms with Gasteiger partial charge in [-0.1, -0.05) is 43.6 Å². The highest BCUT2D eigenvalue weighted by molar-refractivity contribution is 6.30. The lowest BCUT2D eigenvalue weighted by Crippen LogP contribution is -2.52.